The number of fused-ring (bicyclic) bond motifs is 2. The van der Waals surface area contributed by atoms with Gasteiger partial charge in [0.1, 0.15) is 42.8 Å². The van der Waals surface area contributed by atoms with E-state index in [0.717, 1.165) is 0 Å². The SMILES string of the molecule is CO/N=C\C=C/C(=O)N/C=C/CC1CC(O)[C@H]2O[C@H]2C(O)C=Cc2cccc(O)c2C(=O)O1. The van der Waals surface area contributed by atoms with E-state index < -0.39 is 42.4 Å². The monoisotopic (exact) mass is 458 g/mol. The zero-order valence-corrected chi connectivity index (χ0v) is 17.9. The van der Waals surface area contributed by atoms with Crippen LogP contribution in [-0.4, -0.2) is 71.0 Å². The maximum Gasteiger partial charge on any atom is 0.342 e. The van der Waals surface area contributed by atoms with Crippen molar-refractivity contribution >= 4 is 24.2 Å². The zero-order chi connectivity index (χ0) is 23.8. The Morgan fingerprint density at radius 3 is 2.94 bits per heavy atom. The van der Waals surface area contributed by atoms with Gasteiger partial charge in [-0.25, -0.2) is 4.79 Å². The molecule has 4 N–H and O–H groups in total. The number of hydrogen-bond acceptors (Lipinski definition) is 9. The molecule has 2 aliphatic rings. The average molecular weight is 458 g/mol. The van der Waals surface area contributed by atoms with Crippen molar-refractivity contribution in [2.45, 2.75) is 43.4 Å². The van der Waals surface area contributed by atoms with Crippen LogP contribution in [0.2, 0.25) is 0 Å². The van der Waals surface area contributed by atoms with Gasteiger partial charge in [-0.05, 0) is 17.7 Å². The second-order valence-electron chi connectivity index (χ2n) is 7.43. The number of carbonyl (C=O) groups is 2. The first-order chi connectivity index (χ1) is 15.9. The summed E-state index contributed by atoms with van der Waals surface area (Å²) >= 11 is 0. The van der Waals surface area contributed by atoms with Crippen LogP contribution in [0.5, 0.6) is 5.75 Å². The van der Waals surface area contributed by atoms with Gasteiger partial charge < -0.3 is 34.9 Å². The van der Waals surface area contributed by atoms with Crippen LogP contribution >= 0.6 is 0 Å². The second-order valence-corrected chi connectivity index (χ2v) is 7.43. The van der Waals surface area contributed by atoms with E-state index in [1.54, 1.807) is 18.2 Å². The van der Waals surface area contributed by atoms with Crippen LogP contribution in [0.1, 0.15) is 28.8 Å². The van der Waals surface area contributed by atoms with Crippen molar-refractivity contribution in [3.8, 4) is 5.75 Å². The van der Waals surface area contributed by atoms with Gasteiger partial charge in [-0.3, -0.25) is 4.79 Å². The van der Waals surface area contributed by atoms with E-state index in [9.17, 15) is 24.9 Å². The molecule has 0 saturated carbocycles. The number of oxime groups is 1. The molecule has 1 amide bonds. The minimum Gasteiger partial charge on any atom is -0.507 e. The first kappa shape index (κ1) is 24.2. The molecule has 3 unspecified atom stereocenters. The molecule has 0 spiro atoms. The van der Waals surface area contributed by atoms with Crippen molar-refractivity contribution in [1.29, 1.82) is 0 Å². The van der Waals surface area contributed by atoms with Gasteiger partial charge in [-0.15, -0.1) is 0 Å². The number of allylic oxidation sites excluding steroid dienone is 1. The van der Waals surface area contributed by atoms with Crippen LogP contribution in [0, 0.1) is 0 Å². The number of ether oxygens (including phenoxy) is 2. The zero-order valence-electron chi connectivity index (χ0n) is 17.9. The summed E-state index contributed by atoms with van der Waals surface area (Å²) in [5.74, 6) is -1.44. The summed E-state index contributed by atoms with van der Waals surface area (Å²) in [6, 6.07) is 4.55. The fraction of sp³-hybridized carbons (Fsp3) is 0.348. The number of aliphatic hydroxyl groups excluding tert-OH is 2. The van der Waals surface area contributed by atoms with Gasteiger partial charge >= 0.3 is 5.97 Å². The van der Waals surface area contributed by atoms with Crippen LogP contribution in [0.15, 0.2) is 53.9 Å². The number of epoxide rings is 1. The molecule has 2 aliphatic heterocycles. The fourth-order valence-corrected chi connectivity index (χ4v) is 3.39. The van der Waals surface area contributed by atoms with Crippen LogP contribution in [-0.2, 0) is 19.1 Å². The van der Waals surface area contributed by atoms with Gasteiger partial charge in [0.05, 0.1) is 12.3 Å². The summed E-state index contributed by atoms with van der Waals surface area (Å²) in [6.45, 7) is 0. The van der Waals surface area contributed by atoms with Crippen molar-refractivity contribution in [2.75, 3.05) is 7.11 Å². The van der Waals surface area contributed by atoms with Crippen LogP contribution in [0.25, 0.3) is 6.08 Å². The number of nitrogens with one attached hydrogen (secondary N) is 1. The Labute approximate surface area is 190 Å². The summed E-state index contributed by atoms with van der Waals surface area (Å²) in [5.41, 5.74) is 0.331. The maximum absolute atomic E-state index is 12.8. The minimum atomic E-state index is -0.981. The van der Waals surface area contributed by atoms with Gasteiger partial charge in [-0.1, -0.05) is 35.5 Å². The van der Waals surface area contributed by atoms with Gasteiger partial charge in [0.15, 0.2) is 0 Å². The van der Waals surface area contributed by atoms with Crippen LogP contribution in [0.4, 0.5) is 0 Å². The number of phenolic OH excluding ortho intramolecular Hbond substituents is 1. The predicted octanol–water partition coefficient (Wildman–Crippen LogP) is 1.03. The Morgan fingerprint density at radius 1 is 1.33 bits per heavy atom. The number of rotatable bonds is 6. The van der Waals surface area contributed by atoms with E-state index in [4.69, 9.17) is 9.47 Å². The first-order valence-electron chi connectivity index (χ1n) is 10.3. The number of esters is 1. The number of benzene rings is 1. The Hall–Kier alpha value is -3.47. The minimum absolute atomic E-state index is 0.0396. The van der Waals surface area contributed by atoms with Gasteiger partial charge in [0.25, 0.3) is 0 Å². The number of aliphatic hydroxyl groups is 2. The van der Waals surface area contributed by atoms with Crippen molar-refractivity contribution in [3.63, 3.8) is 0 Å². The largest absolute Gasteiger partial charge is 0.507 e. The third kappa shape index (κ3) is 6.75. The number of phenols is 1. The molecular weight excluding hydrogens is 432 g/mol. The lowest BCUT2D eigenvalue weighted by Crippen LogP contribution is -2.30. The highest BCUT2D eigenvalue weighted by molar-refractivity contribution is 5.96. The highest BCUT2D eigenvalue weighted by Crippen LogP contribution is 2.33. The molecule has 2 heterocycles. The van der Waals surface area contributed by atoms with Crippen LogP contribution in [0.3, 0.4) is 0 Å². The summed E-state index contributed by atoms with van der Waals surface area (Å²) in [6.07, 6.45) is 6.20. The molecule has 33 heavy (non-hydrogen) atoms. The Morgan fingerprint density at radius 2 is 2.15 bits per heavy atom. The second kappa shape index (κ2) is 11.4. The van der Waals surface area contributed by atoms with E-state index in [0.29, 0.717) is 5.56 Å². The van der Waals surface area contributed by atoms with E-state index in [2.05, 4.69) is 15.3 Å². The number of amides is 1. The van der Waals surface area contributed by atoms with E-state index in [1.807, 2.05) is 0 Å². The molecule has 1 saturated heterocycles. The number of nitrogens with zero attached hydrogens (tertiary/aromatic N) is 1. The molecule has 10 heteroatoms. The smallest absolute Gasteiger partial charge is 0.342 e. The Bertz CT molecular complexity index is 971. The standard InChI is InChI=1S/C23H26N2O8/c1-31-25-12-4-8-19(29)24-11-3-6-15-13-18(28)22-21(33-22)17(27)10-9-14-5-2-7-16(26)20(14)23(30)32-15/h2-5,7-12,15,17-18,21-22,26-28H,6,13H2,1H3,(H,24,29)/b8-4-,10-9?,11-3+,25-12-/t15?,17?,18?,21-,22+/m0/s1. The molecule has 10 nitrogen and oxygen atoms in total. The molecule has 1 aromatic rings. The topological polar surface area (TPSA) is 150 Å². The van der Waals surface area contributed by atoms with Crippen molar-refractivity contribution in [3.05, 3.63) is 59.8 Å². The molecule has 1 aromatic carbocycles. The summed E-state index contributed by atoms with van der Waals surface area (Å²) in [5, 5.41) is 37.0. The lowest BCUT2D eigenvalue weighted by atomic mass is 10.00. The first-order valence-corrected chi connectivity index (χ1v) is 10.3. The summed E-state index contributed by atoms with van der Waals surface area (Å²) in [7, 11) is 1.38. The Balaban J connectivity index is 1.72. The molecule has 1 fully saturated rings. The molecule has 0 aromatic heterocycles. The third-order valence-electron chi connectivity index (χ3n) is 5.05. The number of aromatic hydroxyl groups is 1. The van der Waals surface area contributed by atoms with E-state index in [1.165, 1.54) is 49.9 Å². The lowest BCUT2D eigenvalue weighted by Gasteiger charge is -2.20. The molecule has 176 valence electrons. The van der Waals surface area contributed by atoms with Gasteiger partial charge in [0.2, 0.25) is 5.91 Å². The molecular formula is C23H26N2O8. The molecule has 5 atom stereocenters. The summed E-state index contributed by atoms with van der Waals surface area (Å²) < 4.78 is 11.0. The third-order valence-corrected chi connectivity index (χ3v) is 5.05. The van der Waals surface area contributed by atoms with Crippen molar-refractivity contribution in [1.82, 2.24) is 5.32 Å². The van der Waals surface area contributed by atoms with E-state index in [-0.39, 0.29) is 24.2 Å². The predicted molar refractivity (Wildman–Crippen MR) is 118 cm³/mol. The highest BCUT2D eigenvalue weighted by atomic mass is 16.6. The number of hydrogen-bond donors (Lipinski definition) is 4. The highest BCUT2D eigenvalue weighted by Gasteiger charge is 2.48. The number of carbonyl (C=O) groups excluding carboxylic acids is 2. The van der Waals surface area contributed by atoms with Gasteiger partial charge in [-0.2, -0.15) is 0 Å². The molecule has 0 aliphatic carbocycles. The normalized spacial score (nSPS) is 27.5. The quantitative estimate of drug-likeness (QED) is 0.162. The van der Waals surface area contributed by atoms with Gasteiger partial charge in [0, 0.05) is 25.1 Å². The van der Waals surface area contributed by atoms with Crippen molar-refractivity contribution < 1.29 is 39.2 Å². The summed E-state index contributed by atoms with van der Waals surface area (Å²) in [4.78, 5) is 29.0. The molecule has 3 rings (SSSR count). The average Bonchev–Trinajstić information content (AvgIpc) is 3.58. The Kier molecular flexibility index (Phi) is 8.36. The van der Waals surface area contributed by atoms with Crippen molar-refractivity contribution in [2.24, 2.45) is 5.16 Å². The maximum atomic E-state index is 12.8. The lowest BCUT2D eigenvalue weighted by molar-refractivity contribution is -0.115. The molecule has 0 radical (unpaired) electrons. The van der Waals surface area contributed by atoms with Crippen LogP contribution < -0.4 is 5.32 Å². The number of cyclic esters (lactones) is 1. The molecule has 0 bridgehead atoms. The van der Waals surface area contributed by atoms with E-state index >= 15 is 0 Å². The fourth-order valence-electron chi connectivity index (χ4n) is 3.39.